The number of nitrogens with zero attached hydrogens (tertiary/aromatic N) is 3. The molecule has 1 aromatic heterocycles. The summed E-state index contributed by atoms with van der Waals surface area (Å²) in [5.74, 6) is 0.617. The maximum Gasteiger partial charge on any atom is 0.273 e. The van der Waals surface area contributed by atoms with Crippen molar-refractivity contribution in [2.75, 3.05) is 6.61 Å². The molecular formula is C11H20N4O3S. The predicted molar refractivity (Wildman–Crippen MR) is 69.1 cm³/mol. The van der Waals surface area contributed by atoms with E-state index in [0.717, 1.165) is 25.9 Å². The molecule has 2 rings (SSSR count). The van der Waals surface area contributed by atoms with Crippen LogP contribution in [-0.4, -0.2) is 35.9 Å². The molecule has 108 valence electrons. The number of aromatic nitrogens is 3. The van der Waals surface area contributed by atoms with Gasteiger partial charge in [-0.2, -0.15) is 0 Å². The van der Waals surface area contributed by atoms with E-state index in [2.05, 4.69) is 10.2 Å². The van der Waals surface area contributed by atoms with Gasteiger partial charge in [0, 0.05) is 19.1 Å². The first-order valence-electron chi connectivity index (χ1n) is 6.47. The molecule has 8 heteroatoms. The Morgan fingerprint density at radius 2 is 2.16 bits per heavy atom. The summed E-state index contributed by atoms with van der Waals surface area (Å²) in [5.41, 5.74) is 0. The number of primary sulfonamides is 1. The Hall–Kier alpha value is -0.990. The molecule has 2 heterocycles. The van der Waals surface area contributed by atoms with Crippen LogP contribution in [0.2, 0.25) is 0 Å². The molecule has 7 nitrogen and oxygen atoms in total. The van der Waals surface area contributed by atoms with E-state index < -0.39 is 10.0 Å². The average molecular weight is 288 g/mol. The third-order valence-corrected chi connectivity index (χ3v) is 3.98. The SMILES string of the molecule is CC(C)n1c(CC2CCCCO2)nnc1S(N)(=O)=O. The molecule has 0 bridgehead atoms. The van der Waals surface area contributed by atoms with E-state index in [9.17, 15) is 8.42 Å². The molecule has 0 saturated carbocycles. The summed E-state index contributed by atoms with van der Waals surface area (Å²) in [6.45, 7) is 4.51. The molecule has 0 radical (unpaired) electrons. The lowest BCUT2D eigenvalue weighted by atomic mass is 10.1. The van der Waals surface area contributed by atoms with Crippen LogP contribution < -0.4 is 5.14 Å². The third-order valence-electron chi connectivity index (χ3n) is 3.19. The van der Waals surface area contributed by atoms with E-state index in [4.69, 9.17) is 9.88 Å². The van der Waals surface area contributed by atoms with Crippen molar-refractivity contribution in [1.82, 2.24) is 14.8 Å². The fourth-order valence-corrected chi connectivity index (χ4v) is 3.08. The first kappa shape index (κ1) is 14.4. The van der Waals surface area contributed by atoms with Crippen LogP contribution in [0.3, 0.4) is 0 Å². The van der Waals surface area contributed by atoms with Crippen LogP contribution in [0.25, 0.3) is 0 Å². The fourth-order valence-electron chi connectivity index (χ4n) is 2.33. The van der Waals surface area contributed by atoms with Crippen LogP contribution in [0.15, 0.2) is 5.16 Å². The van der Waals surface area contributed by atoms with Crippen molar-refractivity contribution in [2.24, 2.45) is 5.14 Å². The molecule has 0 amide bonds. The second-order valence-electron chi connectivity index (χ2n) is 5.10. The lowest BCUT2D eigenvalue weighted by Gasteiger charge is -2.23. The Labute approximate surface area is 113 Å². The van der Waals surface area contributed by atoms with Crippen molar-refractivity contribution in [3.05, 3.63) is 5.82 Å². The summed E-state index contributed by atoms with van der Waals surface area (Å²) in [4.78, 5) is 0. The first-order chi connectivity index (χ1) is 8.89. The van der Waals surface area contributed by atoms with Gasteiger partial charge in [-0.1, -0.05) is 0 Å². The molecule has 19 heavy (non-hydrogen) atoms. The van der Waals surface area contributed by atoms with Crippen LogP contribution in [0.5, 0.6) is 0 Å². The topological polar surface area (TPSA) is 100 Å². The highest BCUT2D eigenvalue weighted by Crippen LogP contribution is 2.20. The molecule has 0 spiro atoms. The smallest absolute Gasteiger partial charge is 0.273 e. The van der Waals surface area contributed by atoms with E-state index in [1.165, 1.54) is 0 Å². The van der Waals surface area contributed by atoms with Crippen LogP contribution >= 0.6 is 0 Å². The number of rotatable bonds is 4. The highest BCUT2D eigenvalue weighted by atomic mass is 32.2. The Balaban J connectivity index is 2.27. The van der Waals surface area contributed by atoms with E-state index >= 15 is 0 Å². The van der Waals surface area contributed by atoms with Gasteiger partial charge in [-0.25, -0.2) is 13.6 Å². The molecule has 1 aliphatic heterocycles. The van der Waals surface area contributed by atoms with Gasteiger partial charge in [0.1, 0.15) is 5.82 Å². The van der Waals surface area contributed by atoms with Gasteiger partial charge < -0.3 is 4.74 Å². The lowest BCUT2D eigenvalue weighted by Crippen LogP contribution is -2.25. The highest BCUT2D eigenvalue weighted by Gasteiger charge is 2.25. The molecule has 1 saturated heterocycles. The minimum atomic E-state index is -3.85. The number of hydrogen-bond acceptors (Lipinski definition) is 5. The van der Waals surface area contributed by atoms with E-state index in [0.29, 0.717) is 12.2 Å². The normalized spacial score (nSPS) is 20.9. The van der Waals surface area contributed by atoms with Crippen LogP contribution in [-0.2, 0) is 21.2 Å². The Bertz CT molecular complexity index is 532. The zero-order valence-electron chi connectivity index (χ0n) is 11.2. The lowest BCUT2D eigenvalue weighted by molar-refractivity contribution is 0.0149. The molecular weight excluding hydrogens is 268 g/mol. The maximum atomic E-state index is 11.5. The van der Waals surface area contributed by atoms with Crippen molar-refractivity contribution in [2.45, 2.75) is 56.8 Å². The second-order valence-corrected chi connectivity index (χ2v) is 6.56. The predicted octanol–water partition coefficient (Wildman–Crippen LogP) is 0.618. The molecule has 2 N–H and O–H groups in total. The Morgan fingerprint density at radius 1 is 1.42 bits per heavy atom. The molecule has 1 aromatic rings. The van der Waals surface area contributed by atoms with Crippen molar-refractivity contribution < 1.29 is 13.2 Å². The van der Waals surface area contributed by atoms with Crippen molar-refractivity contribution in [3.63, 3.8) is 0 Å². The fraction of sp³-hybridized carbons (Fsp3) is 0.818. The quantitative estimate of drug-likeness (QED) is 0.875. The monoisotopic (exact) mass is 288 g/mol. The number of hydrogen-bond donors (Lipinski definition) is 1. The summed E-state index contributed by atoms with van der Waals surface area (Å²) < 4.78 is 30.2. The number of sulfonamides is 1. The number of ether oxygens (including phenoxy) is 1. The minimum absolute atomic E-state index is 0.0677. The van der Waals surface area contributed by atoms with Gasteiger partial charge in [0.05, 0.1) is 6.10 Å². The largest absolute Gasteiger partial charge is 0.378 e. The van der Waals surface area contributed by atoms with Gasteiger partial charge in [-0.15, -0.1) is 10.2 Å². The van der Waals surface area contributed by atoms with Crippen molar-refractivity contribution in [1.29, 1.82) is 0 Å². The van der Waals surface area contributed by atoms with E-state index in [1.807, 2.05) is 13.8 Å². The molecule has 0 aromatic carbocycles. The summed E-state index contributed by atoms with van der Waals surface area (Å²) in [6.07, 6.45) is 3.83. The van der Waals surface area contributed by atoms with Gasteiger partial charge in [0.25, 0.3) is 15.2 Å². The summed E-state index contributed by atoms with van der Waals surface area (Å²) >= 11 is 0. The minimum Gasteiger partial charge on any atom is -0.378 e. The van der Waals surface area contributed by atoms with Crippen LogP contribution in [0.4, 0.5) is 0 Å². The zero-order valence-corrected chi connectivity index (χ0v) is 12.1. The van der Waals surface area contributed by atoms with Crippen molar-refractivity contribution in [3.8, 4) is 0 Å². The molecule has 1 fully saturated rings. The van der Waals surface area contributed by atoms with Gasteiger partial charge in [0.15, 0.2) is 0 Å². The summed E-state index contributed by atoms with van der Waals surface area (Å²) in [5, 5.41) is 12.7. The second kappa shape index (κ2) is 5.56. The average Bonchev–Trinajstić information content (AvgIpc) is 2.74. The molecule has 1 unspecified atom stereocenters. The van der Waals surface area contributed by atoms with E-state index in [-0.39, 0.29) is 17.3 Å². The maximum absolute atomic E-state index is 11.5. The highest BCUT2D eigenvalue weighted by molar-refractivity contribution is 7.89. The van der Waals surface area contributed by atoms with Gasteiger partial charge in [0.2, 0.25) is 0 Å². The van der Waals surface area contributed by atoms with Crippen molar-refractivity contribution >= 4 is 10.0 Å². The summed E-state index contributed by atoms with van der Waals surface area (Å²) in [7, 11) is -3.85. The molecule has 1 atom stereocenters. The Morgan fingerprint density at radius 3 is 2.68 bits per heavy atom. The number of nitrogens with two attached hydrogens (primary N) is 1. The zero-order chi connectivity index (χ0) is 14.0. The van der Waals surface area contributed by atoms with E-state index in [1.54, 1.807) is 4.57 Å². The van der Waals surface area contributed by atoms with Crippen LogP contribution in [0.1, 0.15) is 45.0 Å². The first-order valence-corrected chi connectivity index (χ1v) is 8.02. The van der Waals surface area contributed by atoms with Gasteiger partial charge in [-0.05, 0) is 33.1 Å². The van der Waals surface area contributed by atoms with Gasteiger partial charge in [-0.3, -0.25) is 4.57 Å². The van der Waals surface area contributed by atoms with Crippen LogP contribution in [0, 0.1) is 0 Å². The third kappa shape index (κ3) is 3.31. The molecule has 1 aliphatic rings. The standard InChI is InChI=1S/C11H20N4O3S/c1-8(2)15-10(7-9-5-3-4-6-18-9)13-14-11(15)19(12,16)17/h8-9H,3-7H2,1-2H3,(H2,12,16,17). The summed E-state index contributed by atoms with van der Waals surface area (Å²) in [6, 6.07) is -0.0677. The van der Waals surface area contributed by atoms with Gasteiger partial charge >= 0.3 is 0 Å². The Kier molecular flexibility index (Phi) is 4.22. The molecule has 0 aliphatic carbocycles.